The summed E-state index contributed by atoms with van der Waals surface area (Å²) in [5.41, 5.74) is -0.651. The Kier molecular flexibility index (Phi) is 4.62. The highest BCUT2D eigenvalue weighted by Crippen LogP contribution is 2.39. The van der Waals surface area contributed by atoms with E-state index in [2.05, 4.69) is 15.5 Å². The van der Waals surface area contributed by atoms with E-state index in [4.69, 9.17) is 0 Å². The van der Waals surface area contributed by atoms with E-state index in [1.807, 2.05) is 18.4 Å². The summed E-state index contributed by atoms with van der Waals surface area (Å²) in [7, 11) is 0. The molecular weight excluding hydrogens is 256 g/mol. The molecule has 112 valence electrons. The summed E-state index contributed by atoms with van der Waals surface area (Å²) < 4.78 is 1.99. The number of carbonyl (C=O) groups is 1. The van der Waals surface area contributed by atoms with Crippen LogP contribution >= 0.6 is 0 Å². The predicted octanol–water partition coefficient (Wildman–Crippen LogP) is 2.31. The molecular formula is C14H24N4O2. The highest BCUT2D eigenvalue weighted by Gasteiger charge is 2.41. The minimum Gasteiger partial charge on any atom is -0.481 e. The standard InChI is InChI=1S/C14H24N4O2/c1-3-15-13-17-16-11(18(13)4-2)10-14(12(19)20)8-6-5-7-9-14/h3-10H2,1-2H3,(H,15,17)(H,19,20). The van der Waals surface area contributed by atoms with Crippen LogP contribution in [0, 0.1) is 5.41 Å². The Hall–Kier alpha value is -1.59. The van der Waals surface area contributed by atoms with Gasteiger partial charge in [0.2, 0.25) is 5.95 Å². The van der Waals surface area contributed by atoms with Crippen molar-refractivity contribution < 1.29 is 9.90 Å². The van der Waals surface area contributed by atoms with Crippen molar-refractivity contribution in [2.75, 3.05) is 11.9 Å². The molecule has 0 spiro atoms. The maximum absolute atomic E-state index is 11.7. The van der Waals surface area contributed by atoms with Gasteiger partial charge in [0, 0.05) is 19.5 Å². The smallest absolute Gasteiger partial charge is 0.310 e. The lowest BCUT2D eigenvalue weighted by Gasteiger charge is -2.32. The molecule has 1 aromatic heterocycles. The SMILES string of the molecule is CCNc1nnc(CC2(C(=O)O)CCCCC2)n1CC. The van der Waals surface area contributed by atoms with E-state index in [0.29, 0.717) is 6.42 Å². The monoisotopic (exact) mass is 280 g/mol. The molecule has 0 radical (unpaired) electrons. The lowest BCUT2D eigenvalue weighted by atomic mass is 9.71. The average molecular weight is 280 g/mol. The van der Waals surface area contributed by atoms with E-state index in [9.17, 15) is 9.90 Å². The van der Waals surface area contributed by atoms with Crippen LogP contribution in [0.25, 0.3) is 0 Å². The molecule has 6 heteroatoms. The molecule has 1 aliphatic carbocycles. The van der Waals surface area contributed by atoms with Crippen LogP contribution in [0.15, 0.2) is 0 Å². The second kappa shape index (κ2) is 6.24. The zero-order valence-electron chi connectivity index (χ0n) is 12.4. The quantitative estimate of drug-likeness (QED) is 0.835. The first-order valence-corrected chi connectivity index (χ1v) is 7.52. The number of anilines is 1. The number of hydrogen-bond donors (Lipinski definition) is 2. The predicted molar refractivity (Wildman–Crippen MR) is 76.7 cm³/mol. The largest absolute Gasteiger partial charge is 0.481 e. The normalized spacial score (nSPS) is 17.9. The molecule has 0 unspecified atom stereocenters. The third kappa shape index (κ3) is 2.78. The van der Waals surface area contributed by atoms with Crippen molar-refractivity contribution in [2.45, 2.75) is 58.9 Å². The Morgan fingerprint density at radius 1 is 1.30 bits per heavy atom. The molecule has 1 aromatic rings. The summed E-state index contributed by atoms with van der Waals surface area (Å²) in [5.74, 6) is 0.835. The first kappa shape index (κ1) is 14.8. The van der Waals surface area contributed by atoms with E-state index in [1.54, 1.807) is 0 Å². The number of hydrogen-bond acceptors (Lipinski definition) is 4. The molecule has 1 heterocycles. The van der Waals surface area contributed by atoms with Crippen LogP contribution in [0.5, 0.6) is 0 Å². The number of rotatable bonds is 6. The van der Waals surface area contributed by atoms with Crippen molar-refractivity contribution in [3.05, 3.63) is 5.82 Å². The van der Waals surface area contributed by atoms with E-state index < -0.39 is 11.4 Å². The van der Waals surface area contributed by atoms with Gasteiger partial charge in [-0.2, -0.15) is 0 Å². The minimum absolute atomic E-state index is 0.481. The molecule has 6 nitrogen and oxygen atoms in total. The maximum Gasteiger partial charge on any atom is 0.310 e. The Labute approximate surface area is 119 Å². The summed E-state index contributed by atoms with van der Waals surface area (Å²) >= 11 is 0. The van der Waals surface area contributed by atoms with Gasteiger partial charge in [-0.3, -0.25) is 9.36 Å². The van der Waals surface area contributed by atoms with Gasteiger partial charge in [-0.05, 0) is 26.7 Å². The Bertz CT molecular complexity index is 464. The Balaban J connectivity index is 2.24. The maximum atomic E-state index is 11.7. The Morgan fingerprint density at radius 3 is 2.55 bits per heavy atom. The third-order valence-corrected chi connectivity index (χ3v) is 4.24. The fourth-order valence-corrected chi connectivity index (χ4v) is 3.08. The van der Waals surface area contributed by atoms with Crippen LogP contribution < -0.4 is 5.32 Å². The summed E-state index contributed by atoms with van der Waals surface area (Å²) in [6, 6.07) is 0. The van der Waals surface area contributed by atoms with Gasteiger partial charge in [-0.15, -0.1) is 10.2 Å². The fourth-order valence-electron chi connectivity index (χ4n) is 3.08. The number of carboxylic acids is 1. The number of nitrogens with zero attached hydrogens (tertiary/aromatic N) is 3. The molecule has 1 aliphatic rings. The highest BCUT2D eigenvalue weighted by molar-refractivity contribution is 5.75. The molecule has 0 atom stereocenters. The minimum atomic E-state index is -0.687. The number of aliphatic carboxylic acids is 1. The summed E-state index contributed by atoms with van der Waals surface area (Å²) in [6.45, 7) is 5.57. The van der Waals surface area contributed by atoms with Crippen LogP contribution in [-0.4, -0.2) is 32.4 Å². The zero-order chi connectivity index (χ0) is 14.6. The number of nitrogens with one attached hydrogen (secondary N) is 1. The van der Waals surface area contributed by atoms with E-state index in [1.165, 1.54) is 0 Å². The van der Waals surface area contributed by atoms with Crippen LogP contribution in [-0.2, 0) is 17.8 Å². The molecule has 20 heavy (non-hydrogen) atoms. The van der Waals surface area contributed by atoms with Crippen LogP contribution in [0.1, 0.15) is 51.8 Å². The summed E-state index contributed by atoms with van der Waals surface area (Å²) in [5, 5.41) is 21.2. The van der Waals surface area contributed by atoms with Crippen molar-refractivity contribution >= 4 is 11.9 Å². The van der Waals surface area contributed by atoms with Crippen molar-refractivity contribution in [1.29, 1.82) is 0 Å². The molecule has 0 amide bonds. The zero-order valence-corrected chi connectivity index (χ0v) is 12.4. The first-order chi connectivity index (χ1) is 9.63. The highest BCUT2D eigenvalue weighted by atomic mass is 16.4. The van der Waals surface area contributed by atoms with Gasteiger partial charge in [-0.25, -0.2) is 0 Å². The fraction of sp³-hybridized carbons (Fsp3) is 0.786. The first-order valence-electron chi connectivity index (χ1n) is 7.52. The second-order valence-electron chi connectivity index (χ2n) is 5.54. The number of aromatic nitrogens is 3. The average Bonchev–Trinajstić information content (AvgIpc) is 2.82. The van der Waals surface area contributed by atoms with E-state index >= 15 is 0 Å². The van der Waals surface area contributed by atoms with Gasteiger partial charge in [0.05, 0.1) is 5.41 Å². The molecule has 1 fully saturated rings. The summed E-state index contributed by atoms with van der Waals surface area (Å²) in [6.07, 6.45) is 5.09. The van der Waals surface area contributed by atoms with Crippen LogP contribution in [0.2, 0.25) is 0 Å². The molecule has 2 N–H and O–H groups in total. The molecule has 1 saturated carbocycles. The van der Waals surface area contributed by atoms with Crippen molar-refractivity contribution in [2.24, 2.45) is 5.41 Å². The molecule has 2 rings (SSSR count). The van der Waals surface area contributed by atoms with E-state index in [0.717, 1.165) is 57.0 Å². The van der Waals surface area contributed by atoms with Crippen molar-refractivity contribution in [1.82, 2.24) is 14.8 Å². The molecule has 0 aliphatic heterocycles. The van der Waals surface area contributed by atoms with E-state index in [-0.39, 0.29) is 0 Å². The van der Waals surface area contributed by atoms with Gasteiger partial charge in [0.1, 0.15) is 5.82 Å². The van der Waals surface area contributed by atoms with Crippen LogP contribution in [0.3, 0.4) is 0 Å². The topological polar surface area (TPSA) is 80.0 Å². The second-order valence-corrected chi connectivity index (χ2v) is 5.54. The van der Waals surface area contributed by atoms with Crippen molar-refractivity contribution in [3.8, 4) is 0 Å². The van der Waals surface area contributed by atoms with Gasteiger partial charge in [0.15, 0.2) is 0 Å². The van der Waals surface area contributed by atoms with Gasteiger partial charge < -0.3 is 10.4 Å². The van der Waals surface area contributed by atoms with Gasteiger partial charge >= 0.3 is 5.97 Å². The van der Waals surface area contributed by atoms with Gasteiger partial charge in [0.25, 0.3) is 0 Å². The summed E-state index contributed by atoms with van der Waals surface area (Å²) in [4.78, 5) is 11.7. The molecule has 0 bridgehead atoms. The Morgan fingerprint density at radius 2 is 2.00 bits per heavy atom. The molecule has 0 saturated heterocycles. The lowest BCUT2D eigenvalue weighted by molar-refractivity contribution is -0.151. The van der Waals surface area contributed by atoms with Crippen molar-refractivity contribution in [3.63, 3.8) is 0 Å². The molecule has 0 aromatic carbocycles. The van der Waals surface area contributed by atoms with Crippen LogP contribution in [0.4, 0.5) is 5.95 Å². The van der Waals surface area contributed by atoms with Gasteiger partial charge in [-0.1, -0.05) is 19.3 Å². The number of carboxylic acid groups (broad SMARTS) is 1. The third-order valence-electron chi connectivity index (χ3n) is 4.24. The lowest BCUT2D eigenvalue weighted by Crippen LogP contribution is -2.36.